The summed E-state index contributed by atoms with van der Waals surface area (Å²) in [5.41, 5.74) is 5.68. The van der Waals surface area contributed by atoms with E-state index in [0.29, 0.717) is 43.9 Å². The highest BCUT2D eigenvalue weighted by Gasteiger charge is 2.44. The van der Waals surface area contributed by atoms with Crippen molar-refractivity contribution in [1.82, 2.24) is 14.9 Å². The molecule has 3 heterocycles. The third-order valence-corrected chi connectivity index (χ3v) is 10.9. The van der Waals surface area contributed by atoms with Gasteiger partial charge in [-0.2, -0.15) is 4.31 Å². The van der Waals surface area contributed by atoms with E-state index in [2.05, 4.69) is 10.6 Å². The Kier molecular flexibility index (Phi) is 12.4. The Labute approximate surface area is 287 Å². The van der Waals surface area contributed by atoms with Gasteiger partial charge in [-0.25, -0.2) is 13.2 Å². The number of nitrogens with one attached hydrogen (secondary N) is 2. The number of unbranched alkanes of at least 4 members (excludes halogenated alkanes) is 1. The zero-order valence-corrected chi connectivity index (χ0v) is 28.9. The normalized spacial score (nSPS) is 21.3. The van der Waals surface area contributed by atoms with Crippen LogP contribution in [-0.2, 0) is 35.4 Å². The fourth-order valence-corrected chi connectivity index (χ4v) is 8.04. The van der Waals surface area contributed by atoms with Gasteiger partial charge in [0.15, 0.2) is 17.8 Å². The number of nitrogens with zero attached hydrogens (tertiary/aromatic N) is 1. The molecule has 270 valence electrons. The molecule has 3 aliphatic heterocycles. The number of amides is 2. The highest BCUT2D eigenvalue weighted by molar-refractivity contribution is 7.89. The first-order valence-corrected chi connectivity index (χ1v) is 18.2. The van der Waals surface area contributed by atoms with Crippen LogP contribution < -0.4 is 25.8 Å². The lowest BCUT2D eigenvalue weighted by atomic mass is 9.87. The summed E-state index contributed by atoms with van der Waals surface area (Å²) >= 11 is 0. The van der Waals surface area contributed by atoms with Crippen LogP contribution in [0, 0.1) is 11.3 Å². The quantitative estimate of drug-likeness (QED) is 0.177. The number of ether oxygens (including phenoxy) is 5. The van der Waals surface area contributed by atoms with Gasteiger partial charge in [-0.05, 0) is 48.8 Å². The summed E-state index contributed by atoms with van der Waals surface area (Å²) in [5.74, 6) is 0.466. The number of carbonyl (C=O) groups excluding carboxylic acids is 2. The van der Waals surface area contributed by atoms with Gasteiger partial charge in [0.1, 0.15) is 6.10 Å². The van der Waals surface area contributed by atoms with Crippen molar-refractivity contribution in [1.29, 1.82) is 0 Å². The molecule has 0 saturated carbocycles. The van der Waals surface area contributed by atoms with Crippen molar-refractivity contribution in [2.75, 3.05) is 46.2 Å². The highest BCUT2D eigenvalue weighted by Crippen LogP contribution is 2.36. The Morgan fingerprint density at radius 1 is 1.10 bits per heavy atom. The third kappa shape index (κ3) is 9.83. The molecule has 2 aromatic rings. The largest absolute Gasteiger partial charge is 0.454 e. The second-order valence-corrected chi connectivity index (χ2v) is 15.4. The minimum Gasteiger partial charge on any atom is -0.454 e. The van der Waals surface area contributed by atoms with Crippen molar-refractivity contribution in [3.63, 3.8) is 0 Å². The van der Waals surface area contributed by atoms with Gasteiger partial charge in [0.25, 0.3) is 0 Å². The van der Waals surface area contributed by atoms with E-state index < -0.39 is 46.1 Å². The van der Waals surface area contributed by atoms with Crippen LogP contribution in [0.4, 0.5) is 4.79 Å². The summed E-state index contributed by atoms with van der Waals surface area (Å²) < 4.78 is 57.6. The van der Waals surface area contributed by atoms with E-state index >= 15 is 0 Å². The molecule has 15 heteroatoms. The number of alkyl carbamates (subject to hydrolysis) is 1. The molecule has 4 unspecified atom stereocenters. The van der Waals surface area contributed by atoms with Crippen LogP contribution in [-0.4, -0.2) is 101 Å². The lowest BCUT2D eigenvalue weighted by Crippen LogP contribution is -2.52. The van der Waals surface area contributed by atoms with Crippen molar-refractivity contribution >= 4 is 22.0 Å². The van der Waals surface area contributed by atoms with Crippen LogP contribution in [0.2, 0.25) is 0 Å². The standard InChI is InChI=1S/C34H48N4O10S/c1-34(2,13-6-7-14-36-31(40)18-35)21-38(49(42,43)24-10-11-28-29(17-24)47-22-46-28)19-27(39)26(16-23-8-4-3-5-9-23)37-33(41)48-30-20-45-32-25(30)12-15-44-32/h3-5,8-11,17,25-27,30,32,39H,6-7,12-16,18-22,35H2,1-2H3,(H,36,40)(H,37,41)/t25?,26-,27?,30?,32?/m0/s1. The first kappa shape index (κ1) is 36.8. The molecule has 0 spiro atoms. The number of hydrogen-bond donors (Lipinski definition) is 4. The fourth-order valence-electron chi connectivity index (χ4n) is 6.38. The van der Waals surface area contributed by atoms with Crippen molar-refractivity contribution in [3.8, 4) is 11.5 Å². The van der Waals surface area contributed by atoms with Gasteiger partial charge in [0.05, 0.1) is 42.7 Å². The number of rotatable bonds is 17. The smallest absolute Gasteiger partial charge is 0.407 e. The second-order valence-electron chi connectivity index (χ2n) is 13.5. The zero-order chi connectivity index (χ0) is 35.0. The number of sulfonamides is 1. The third-order valence-electron chi connectivity index (χ3n) is 9.07. The van der Waals surface area contributed by atoms with Crippen molar-refractivity contribution in [2.24, 2.45) is 17.1 Å². The maximum atomic E-state index is 14.3. The minimum atomic E-state index is -4.17. The molecule has 49 heavy (non-hydrogen) atoms. The van der Waals surface area contributed by atoms with Crippen molar-refractivity contribution in [2.45, 2.75) is 75.4 Å². The van der Waals surface area contributed by atoms with Crippen LogP contribution in [0.3, 0.4) is 0 Å². The number of aliphatic hydroxyl groups excluding tert-OH is 1. The van der Waals surface area contributed by atoms with E-state index in [0.717, 1.165) is 12.0 Å². The summed E-state index contributed by atoms with van der Waals surface area (Å²) in [7, 11) is -4.17. The Hall–Kier alpha value is -3.47. The molecule has 14 nitrogen and oxygen atoms in total. The monoisotopic (exact) mass is 704 g/mol. The van der Waals surface area contributed by atoms with Gasteiger partial charge in [-0.15, -0.1) is 0 Å². The van der Waals surface area contributed by atoms with E-state index in [-0.39, 0.29) is 56.2 Å². The van der Waals surface area contributed by atoms with Crippen molar-refractivity contribution in [3.05, 3.63) is 54.1 Å². The van der Waals surface area contributed by atoms with E-state index in [1.54, 1.807) is 6.07 Å². The van der Waals surface area contributed by atoms with E-state index in [4.69, 9.17) is 29.4 Å². The number of carbonyl (C=O) groups is 2. The highest BCUT2D eigenvalue weighted by atomic mass is 32.2. The maximum Gasteiger partial charge on any atom is 0.407 e. The lowest BCUT2D eigenvalue weighted by Gasteiger charge is -2.35. The van der Waals surface area contributed by atoms with E-state index in [1.807, 2.05) is 44.2 Å². The second kappa shape index (κ2) is 16.5. The molecular formula is C34H48N4O10S. The van der Waals surface area contributed by atoms with Crippen LogP contribution in [0.25, 0.3) is 0 Å². The minimum absolute atomic E-state index is 0.00852. The number of aliphatic hydroxyl groups is 1. The summed E-state index contributed by atoms with van der Waals surface area (Å²) in [6, 6.07) is 12.9. The molecule has 2 saturated heterocycles. The Balaban J connectivity index is 1.34. The van der Waals surface area contributed by atoms with Crippen LogP contribution >= 0.6 is 0 Å². The predicted molar refractivity (Wildman–Crippen MR) is 178 cm³/mol. The molecule has 2 amide bonds. The lowest BCUT2D eigenvalue weighted by molar-refractivity contribution is -0.119. The van der Waals surface area contributed by atoms with E-state index in [1.165, 1.54) is 16.4 Å². The Morgan fingerprint density at radius 3 is 2.65 bits per heavy atom. The van der Waals surface area contributed by atoms with Crippen molar-refractivity contribution < 1.29 is 46.8 Å². The zero-order valence-electron chi connectivity index (χ0n) is 28.0. The first-order chi connectivity index (χ1) is 23.4. The molecule has 2 aromatic carbocycles. The van der Waals surface area contributed by atoms with Gasteiger partial charge in [0, 0.05) is 25.7 Å². The Bertz CT molecular complexity index is 1530. The van der Waals surface area contributed by atoms with E-state index in [9.17, 15) is 23.1 Å². The molecule has 0 aliphatic carbocycles. The predicted octanol–water partition coefficient (Wildman–Crippen LogP) is 2.14. The van der Waals surface area contributed by atoms with Gasteiger partial charge in [-0.3, -0.25) is 4.79 Å². The number of fused-ring (bicyclic) bond motifs is 2. The fraction of sp³-hybridized carbons (Fsp3) is 0.588. The molecule has 5 N–H and O–H groups in total. The van der Waals surface area contributed by atoms with Gasteiger partial charge in [0.2, 0.25) is 22.7 Å². The van der Waals surface area contributed by atoms with Gasteiger partial charge >= 0.3 is 6.09 Å². The molecule has 0 aromatic heterocycles. The molecule has 5 atom stereocenters. The molecule has 3 aliphatic rings. The number of benzene rings is 2. The summed E-state index contributed by atoms with van der Waals surface area (Å²) in [6.07, 6.45) is 0.0579. The molecule has 0 bridgehead atoms. The molecule has 2 fully saturated rings. The van der Waals surface area contributed by atoms with Gasteiger partial charge < -0.3 is 45.2 Å². The first-order valence-electron chi connectivity index (χ1n) is 16.7. The summed E-state index contributed by atoms with van der Waals surface area (Å²) in [5, 5.41) is 17.3. The topological polar surface area (TPSA) is 188 Å². The number of hydrogen-bond acceptors (Lipinski definition) is 11. The molecular weight excluding hydrogens is 656 g/mol. The average Bonchev–Trinajstić information content (AvgIpc) is 3.83. The molecule has 5 rings (SSSR count). The van der Waals surface area contributed by atoms with Crippen LogP contribution in [0.5, 0.6) is 11.5 Å². The molecule has 0 radical (unpaired) electrons. The summed E-state index contributed by atoms with van der Waals surface area (Å²) in [4.78, 5) is 24.7. The van der Waals surface area contributed by atoms with Crippen LogP contribution in [0.15, 0.2) is 53.4 Å². The maximum absolute atomic E-state index is 14.3. The SMILES string of the molecule is CC(C)(CCCCNC(=O)CN)CN(CC(O)[C@H](Cc1ccccc1)NC(=O)OC1COC2OCCC12)S(=O)(=O)c1ccc2c(c1)OCO2. The van der Waals surface area contributed by atoms with Gasteiger partial charge in [-0.1, -0.05) is 50.6 Å². The average molecular weight is 705 g/mol. The number of nitrogens with two attached hydrogens (primary N) is 1. The van der Waals surface area contributed by atoms with Crippen LogP contribution in [0.1, 0.15) is 45.1 Å². The Morgan fingerprint density at radius 2 is 1.88 bits per heavy atom. The summed E-state index contributed by atoms with van der Waals surface area (Å²) in [6.45, 7) is 4.80.